The molecule has 0 aliphatic heterocycles. The Morgan fingerprint density at radius 2 is 2.25 bits per heavy atom. The summed E-state index contributed by atoms with van der Waals surface area (Å²) in [7, 11) is 1.53. The fourth-order valence-corrected chi connectivity index (χ4v) is 1.77. The number of benzene rings is 1. The SMILES string of the molecule is CCOC(C(=O)O)c1cc(OC)ccc1Br. The zero-order chi connectivity index (χ0) is 12.1. The highest BCUT2D eigenvalue weighted by Crippen LogP contribution is 2.30. The Labute approximate surface area is 102 Å². The third-order valence-corrected chi connectivity index (χ3v) is 2.77. The minimum absolute atomic E-state index is 0.334. The van der Waals surface area contributed by atoms with Crippen molar-refractivity contribution in [2.75, 3.05) is 13.7 Å². The van der Waals surface area contributed by atoms with Crippen LogP contribution in [0.2, 0.25) is 0 Å². The largest absolute Gasteiger partial charge is 0.497 e. The van der Waals surface area contributed by atoms with Crippen molar-refractivity contribution < 1.29 is 19.4 Å². The summed E-state index contributed by atoms with van der Waals surface area (Å²) >= 11 is 3.30. The Balaban J connectivity index is 3.11. The van der Waals surface area contributed by atoms with Crippen molar-refractivity contribution in [2.24, 2.45) is 0 Å². The van der Waals surface area contributed by atoms with Crippen LogP contribution in [0.5, 0.6) is 5.75 Å². The molecule has 0 bridgehead atoms. The first-order valence-corrected chi connectivity index (χ1v) is 5.57. The molecule has 16 heavy (non-hydrogen) atoms. The van der Waals surface area contributed by atoms with Crippen LogP contribution in [0.15, 0.2) is 22.7 Å². The molecule has 4 nitrogen and oxygen atoms in total. The van der Waals surface area contributed by atoms with Crippen molar-refractivity contribution >= 4 is 21.9 Å². The Hall–Kier alpha value is -1.07. The number of rotatable bonds is 5. The standard InChI is InChI=1S/C11H13BrO4/c1-3-16-10(11(13)14)8-6-7(15-2)4-5-9(8)12/h4-6,10H,3H2,1-2H3,(H,13,14). The molecule has 0 aliphatic carbocycles. The molecule has 0 saturated carbocycles. The summed E-state index contributed by atoms with van der Waals surface area (Å²) < 4.78 is 10.9. The van der Waals surface area contributed by atoms with Gasteiger partial charge in [0.25, 0.3) is 0 Å². The average molecular weight is 289 g/mol. The van der Waals surface area contributed by atoms with Gasteiger partial charge in [0, 0.05) is 16.6 Å². The van der Waals surface area contributed by atoms with Crippen LogP contribution in [0.4, 0.5) is 0 Å². The first kappa shape index (κ1) is 13.0. The molecule has 0 amide bonds. The molecular formula is C11H13BrO4. The van der Waals surface area contributed by atoms with E-state index in [-0.39, 0.29) is 0 Å². The van der Waals surface area contributed by atoms with E-state index in [2.05, 4.69) is 15.9 Å². The summed E-state index contributed by atoms with van der Waals surface area (Å²) in [5.74, 6) is -0.417. The monoisotopic (exact) mass is 288 g/mol. The second-order valence-electron chi connectivity index (χ2n) is 3.06. The van der Waals surface area contributed by atoms with Crippen LogP contribution in [0, 0.1) is 0 Å². The molecule has 0 saturated heterocycles. The van der Waals surface area contributed by atoms with E-state index in [1.807, 2.05) is 0 Å². The summed E-state index contributed by atoms with van der Waals surface area (Å²) in [4.78, 5) is 11.1. The Kier molecular flexibility index (Phi) is 4.76. The van der Waals surface area contributed by atoms with E-state index in [4.69, 9.17) is 14.6 Å². The number of carboxylic acids is 1. The van der Waals surface area contributed by atoms with Gasteiger partial charge in [-0.3, -0.25) is 0 Å². The minimum Gasteiger partial charge on any atom is -0.497 e. The first-order valence-electron chi connectivity index (χ1n) is 4.78. The second-order valence-corrected chi connectivity index (χ2v) is 3.92. The van der Waals surface area contributed by atoms with Crippen LogP contribution in [0.3, 0.4) is 0 Å². The molecule has 0 heterocycles. The van der Waals surface area contributed by atoms with E-state index in [1.54, 1.807) is 25.1 Å². The van der Waals surface area contributed by atoms with E-state index >= 15 is 0 Å². The molecular weight excluding hydrogens is 276 g/mol. The molecule has 0 radical (unpaired) electrons. The van der Waals surface area contributed by atoms with Crippen molar-refractivity contribution in [2.45, 2.75) is 13.0 Å². The number of aliphatic carboxylic acids is 1. The van der Waals surface area contributed by atoms with E-state index in [9.17, 15) is 4.79 Å². The number of hydrogen-bond donors (Lipinski definition) is 1. The van der Waals surface area contributed by atoms with Crippen LogP contribution >= 0.6 is 15.9 Å². The maximum absolute atomic E-state index is 11.1. The lowest BCUT2D eigenvalue weighted by Crippen LogP contribution is -2.15. The highest BCUT2D eigenvalue weighted by molar-refractivity contribution is 9.10. The van der Waals surface area contributed by atoms with Crippen molar-refractivity contribution in [1.82, 2.24) is 0 Å². The van der Waals surface area contributed by atoms with Gasteiger partial charge in [0.05, 0.1) is 7.11 Å². The summed E-state index contributed by atoms with van der Waals surface area (Å²) in [6, 6.07) is 5.14. The van der Waals surface area contributed by atoms with Crippen molar-refractivity contribution in [3.63, 3.8) is 0 Å². The van der Waals surface area contributed by atoms with Gasteiger partial charge < -0.3 is 14.6 Å². The number of methoxy groups -OCH3 is 1. The van der Waals surface area contributed by atoms with Crippen LogP contribution in [0.1, 0.15) is 18.6 Å². The van der Waals surface area contributed by atoms with Crippen molar-refractivity contribution in [3.8, 4) is 5.75 Å². The average Bonchev–Trinajstić information content (AvgIpc) is 2.27. The van der Waals surface area contributed by atoms with E-state index in [0.29, 0.717) is 22.4 Å². The molecule has 0 spiro atoms. The van der Waals surface area contributed by atoms with Gasteiger partial charge in [-0.05, 0) is 25.1 Å². The maximum atomic E-state index is 11.1. The zero-order valence-corrected chi connectivity index (χ0v) is 10.7. The number of carbonyl (C=O) groups is 1. The van der Waals surface area contributed by atoms with Gasteiger partial charge in [0.1, 0.15) is 5.75 Å². The topological polar surface area (TPSA) is 55.8 Å². The Morgan fingerprint density at radius 3 is 2.75 bits per heavy atom. The summed E-state index contributed by atoms with van der Waals surface area (Å²) in [6.45, 7) is 2.09. The summed E-state index contributed by atoms with van der Waals surface area (Å²) in [6.07, 6.45) is -0.977. The van der Waals surface area contributed by atoms with Crippen LogP contribution in [-0.2, 0) is 9.53 Å². The van der Waals surface area contributed by atoms with Gasteiger partial charge in [0.2, 0.25) is 0 Å². The van der Waals surface area contributed by atoms with E-state index in [0.717, 1.165) is 0 Å². The zero-order valence-electron chi connectivity index (χ0n) is 9.07. The molecule has 1 N–H and O–H groups in total. The summed E-state index contributed by atoms with van der Waals surface area (Å²) in [5.41, 5.74) is 0.550. The lowest BCUT2D eigenvalue weighted by Gasteiger charge is -2.15. The Bertz CT molecular complexity index is 378. The fourth-order valence-electron chi connectivity index (χ4n) is 1.31. The highest BCUT2D eigenvalue weighted by Gasteiger charge is 2.22. The second kappa shape index (κ2) is 5.86. The molecule has 88 valence electrons. The smallest absolute Gasteiger partial charge is 0.337 e. The first-order chi connectivity index (χ1) is 7.60. The van der Waals surface area contributed by atoms with E-state index < -0.39 is 12.1 Å². The van der Waals surface area contributed by atoms with Gasteiger partial charge in [-0.2, -0.15) is 0 Å². The molecule has 1 atom stereocenters. The van der Waals surface area contributed by atoms with Gasteiger partial charge in [-0.1, -0.05) is 15.9 Å². The van der Waals surface area contributed by atoms with Crippen LogP contribution < -0.4 is 4.74 Å². The molecule has 0 aromatic heterocycles. The third-order valence-electron chi connectivity index (χ3n) is 2.04. The molecule has 1 aromatic rings. The number of halogens is 1. The third kappa shape index (κ3) is 2.96. The van der Waals surface area contributed by atoms with E-state index in [1.165, 1.54) is 7.11 Å². The lowest BCUT2D eigenvalue weighted by atomic mass is 10.1. The fraction of sp³-hybridized carbons (Fsp3) is 0.364. The molecule has 1 aromatic carbocycles. The van der Waals surface area contributed by atoms with Crippen molar-refractivity contribution in [3.05, 3.63) is 28.2 Å². The maximum Gasteiger partial charge on any atom is 0.337 e. The lowest BCUT2D eigenvalue weighted by molar-refractivity contribution is -0.150. The van der Waals surface area contributed by atoms with Gasteiger partial charge in [-0.15, -0.1) is 0 Å². The predicted molar refractivity (Wildman–Crippen MR) is 62.7 cm³/mol. The van der Waals surface area contributed by atoms with Crippen LogP contribution in [0.25, 0.3) is 0 Å². The highest BCUT2D eigenvalue weighted by atomic mass is 79.9. The molecule has 0 aliphatic rings. The van der Waals surface area contributed by atoms with Gasteiger partial charge >= 0.3 is 5.97 Å². The molecule has 0 fully saturated rings. The number of carboxylic acid groups (broad SMARTS) is 1. The van der Waals surface area contributed by atoms with Crippen molar-refractivity contribution in [1.29, 1.82) is 0 Å². The van der Waals surface area contributed by atoms with Crippen LogP contribution in [-0.4, -0.2) is 24.8 Å². The molecule has 1 unspecified atom stereocenters. The molecule has 5 heteroatoms. The normalized spacial score (nSPS) is 12.2. The van der Waals surface area contributed by atoms with Gasteiger partial charge in [-0.25, -0.2) is 4.79 Å². The Morgan fingerprint density at radius 1 is 1.56 bits per heavy atom. The minimum atomic E-state index is -1.02. The number of ether oxygens (including phenoxy) is 2. The van der Waals surface area contributed by atoms with Gasteiger partial charge in [0.15, 0.2) is 6.10 Å². The predicted octanol–water partition coefficient (Wildman–Crippen LogP) is 2.62. The molecule has 1 rings (SSSR count). The quantitative estimate of drug-likeness (QED) is 0.905. The summed E-state index contributed by atoms with van der Waals surface area (Å²) in [5, 5.41) is 9.06. The number of hydrogen-bond acceptors (Lipinski definition) is 3.